The van der Waals surface area contributed by atoms with Crippen LogP contribution in [0, 0.1) is 0 Å². The first-order chi connectivity index (χ1) is 6.83. The second-order valence-electron chi connectivity index (χ2n) is 2.63. The fraction of sp³-hybridized carbons (Fsp3) is 0. The molecule has 0 aromatic heterocycles. The Hall–Kier alpha value is -1.16. The first-order valence-electron chi connectivity index (χ1n) is 3.92. The highest BCUT2D eigenvalue weighted by Crippen LogP contribution is 2.34. The van der Waals surface area contributed by atoms with Gasteiger partial charge in [-0.2, -0.15) is 0 Å². The number of hydrogen-bond donors (Lipinski definition) is 1. The summed E-state index contributed by atoms with van der Waals surface area (Å²) in [6, 6.07) is 7.82. The zero-order valence-corrected chi connectivity index (χ0v) is 9.47. The van der Waals surface area contributed by atoms with E-state index >= 15 is 0 Å². The third kappa shape index (κ3) is 1.57. The van der Waals surface area contributed by atoms with Crippen LogP contribution in [0.3, 0.4) is 0 Å². The number of hydrogen-bond acceptors (Lipinski definition) is 4. The smallest absolute Gasteiger partial charge is 0.125 e. The number of benzene rings is 1. The van der Waals surface area contributed by atoms with Crippen molar-refractivity contribution in [2.75, 3.05) is 10.3 Å². The lowest BCUT2D eigenvalue weighted by Gasteiger charge is -2.24. The van der Waals surface area contributed by atoms with Crippen LogP contribution in [0.2, 0.25) is 0 Å². The maximum absolute atomic E-state index is 4.59. The average Bonchev–Trinajstić information content (AvgIpc) is 2.23. The fourth-order valence-electron chi connectivity index (χ4n) is 1.24. The van der Waals surface area contributed by atoms with E-state index in [4.69, 9.17) is 0 Å². The predicted molar refractivity (Wildman–Crippen MR) is 64.6 cm³/mol. The number of rotatable bonds is 1. The predicted octanol–water partition coefficient (Wildman–Crippen LogP) is 3.13. The van der Waals surface area contributed by atoms with E-state index in [9.17, 15) is 0 Å². The van der Waals surface area contributed by atoms with Gasteiger partial charge in [0.1, 0.15) is 4.61 Å². The zero-order valence-electron chi connectivity index (χ0n) is 7.07. The molecule has 0 saturated heterocycles. The van der Waals surface area contributed by atoms with Crippen molar-refractivity contribution in [3.8, 4) is 0 Å². The second kappa shape index (κ2) is 3.92. The van der Waals surface area contributed by atoms with Crippen molar-refractivity contribution in [1.82, 2.24) is 0 Å². The van der Waals surface area contributed by atoms with Crippen LogP contribution in [0.25, 0.3) is 0 Å². The van der Waals surface area contributed by atoms with Crippen LogP contribution in [0.15, 0.2) is 40.2 Å². The van der Waals surface area contributed by atoms with E-state index in [-0.39, 0.29) is 0 Å². The summed E-state index contributed by atoms with van der Waals surface area (Å²) in [5, 5.41) is 11.1. The van der Waals surface area contributed by atoms with Crippen LogP contribution < -0.4 is 10.3 Å². The molecule has 70 valence electrons. The minimum atomic E-state index is 0.800. The Labute approximate surface area is 95.2 Å². The molecule has 0 radical (unpaired) electrons. The van der Waals surface area contributed by atoms with Gasteiger partial charge in [0.05, 0.1) is 16.5 Å². The molecule has 0 fully saturated rings. The maximum atomic E-state index is 4.59. The van der Waals surface area contributed by atoms with Gasteiger partial charge in [0.25, 0.3) is 0 Å². The van der Waals surface area contributed by atoms with E-state index in [0.717, 1.165) is 16.0 Å². The molecule has 3 nitrogen and oxygen atoms in total. The van der Waals surface area contributed by atoms with Gasteiger partial charge < -0.3 is 5.32 Å². The van der Waals surface area contributed by atoms with E-state index in [0.29, 0.717) is 0 Å². The molecule has 14 heavy (non-hydrogen) atoms. The van der Waals surface area contributed by atoms with Crippen LogP contribution in [0.5, 0.6) is 0 Å². The van der Waals surface area contributed by atoms with Gasteiger partial charge in [-0.05, 0) is 40.3 Å². The molecular formula is C9H6BrN3S. The fourth-order valence-corrected chi connectivity index (χ4v) is 1.70. The number of nitrogens with zero attached hydrogens (tertiary/aromatic N) is 2. The largest absolute Gasteiger partial charge is 0.358 e. The van der Waals surface area contributed by atoms with Gasteiger partial charge in [0, 0.05) is 6.20 Å². The molecule has 0 unspecified atom stereocenters. The molecule has 1 aromatic carbocycles. The average molecular weight is 268 g/mol. The summed E-state index contributed by atoms with van der Waals surface area (Å²) in [7, 11) is 0. The third-order valence-corrected chi connectivity index (χ3v) is 2.47. The number of isothiocyanates is 1. The molecule has 1 N–H and O–H groups in total. The maximum Gasteiger partial charge on any atom is 0.125 e. The Kier molecular flexibility index (Phi) is 2.63. The Morgan fingerprint density at radius 3 is 3.00 bits per heavy atom. The van der Waals surface area contributed by atoms with Gasteiger partial charge in [0.15, 0.2) is 0 Å². The second-order valence-corrected chi connectivity index (χ2v) is 3.63. The number of anilines is 2. The third-order valence-electron chi connectivity index (χ3n) is 1.82. The summed E-state index contributed by atoms with van der Waals surface area (Å²) in [5.74, 6) is 0. The van der Waals surface area contributed by atoms with Gasteiger partial charge in [0.2, 0.25) is 0 Å². The summed E-state index contributed by atoms with van der Waals surface area (Å²) in [5.41, 5.74) is 1.93. The van der Waals surface area contributed by atoms with Gasteiger partial charge >= 0.3 is 0 Å². The Morgan fingerprint density at radius 2 is 2.21 bits per heavy atom. The Morgan fingerprint density at radius 1 is 1.43 bits per heavy atom. The molecule has 1 aliphatic rings. The van der Waals surface area contributed by atoms with Crippen LogP contribution in [0.4, 0.5) is 11.4 Å². The molecule has 0 saturated carbocycles. The number of nitrogens with one attached hydrogen (secondary N) is 1. The number of fused-ring (bicyclic) bond motifs is 1. The van der Waals surface area contributed by atoms with Crippen molar-refractivity contribution >= 4 is 44.7 Å². The van der Waals surface area contributed by atoms with E-state index < -0.39 is 0 Å². The highest BCUT2D eigenvalue weighted by Gasteiger charge is 2.16. The Balaban J connectivity index is 2.52. The summed E-state index contributed by atoms with van der Waals surface area (Å²) in [6.45, 7) is 0. The van der Waals surface area contributed by atoms with E-state index in [1.165, 1.54) is 0 Å². The van der Waals surface area contributed by atoms with Crippen LogP contribution in [0.1, 0.15) is 0 Å². The molecule has 1 aromatic rings. The lowest BCUT2D eigenvalue weighted by atomic mass is 10.2. The number of para-hydroxylation sites is 2. The van der Waals surface area contributed by atoms with Crippen molar-refractivity contribution < 1.29 is 0 Å². The van der Waals surface area contributed by atoms with Crippen molar-refractivity contribution in [2.45, 2.75) is 0 Å². The normalized spacial score (nSPS) is 13.5. The summed E-state index contributed by atoms with van der Waals surface area (Å²) >= 11 is 7.96. The molecule has 0 bridgehead atoms. The Bertz CT molecular complexity index is 437. The van der Waals surface area contributed by atoms with Crippen molar-refractivity contribution in [2.24, 2.45) is 5.10 Å². The van der Waals surface area contributed by atoms with Crippen molar-refractivity contribution in [3.05, 3.63) is 35.1 Å². The lowest BCUT2D eigenvalue weighted by molar-refractivity contribution is 1.06. The SMILES string of the molecule is S=C=NN1C(Br)=CNc2ccccc21. The standard InChI is InChI=1S/C9H6BrN3S/c10-9-5-11-7-3-1-2-4-8(7)13(9)12-6-14/h1-5,11H. The molecule has 5 heteroatoms. The monoisotopic (exact) mass is 267 g/mol. The van der Waals surface area contributed by atoms with Gasteiger partial charge in [-0.1, -0.05) is 12.1 Å². The van der Waals surface area contributed by atoms with Crippen LogP contribution in [-0.4, -0.2) is 5.16 Å². The molecule has 0 amide bonds. The molecule has 0 aliphatic carbocycles. The molecule has 0 spiro atoms. The van der Waals surface area contributed by atoms with Crippen LogP contribution >= 0.6 is 28.1 Å². The number of halogens is 1. The van der Waals surface area contributed by atoms with E-state index in [1.807, 2.05) is 24.3 Å². The summed E-state index contributed by atoms with van der Waals surface area (Å²) < 4.78 is 0.800. The molecule has 2 rings (SSSR count). The summed E-state index contributed by atoms with van der Waals surface area (Å²) in [6.07, 6.45) is 1.80. The van der Waals surface area contributed by atoms with Gasteiger partial charge in [-0.25, -0.2) is 5.01 Å². The minimum absolute atomic E-state index is 0.800. The quantitative estimate of drug-likeness (QED) is 0.481. The highest BCUT2D eigenvalue weighted by molar-refractivity contribution is 9.11. The number of thiocarbonyl (C=S) groups is 1. The molecule has 1 heterocycles. The lowest BCUT2D eigenvalue weighted by Crippen LogP contribution is -2.17. The highest BCUT2D eigenvalue weighted by atomic mass is 79.9. The summed E-state index contributed by atoms with van der Waals surface area (Å²) in [4.78, 5) is 0. The first-order valence-corrected chi connectivity index (χ1v) is 5.12. The minimum Gasteiger partial charge on any atom is -0.358 e. The molecular weight excluding hydrogens is 262 g/mol. The molecule has 0 atom stereocenters. The van der Waals surface area contributed by atoms with Crippen LogP contribution in [-0.2, 0) is 0 Å². The zero-order chi connectivity index (χ0) is 9.97. The van der Waals surface area contributed by atoms with Gasteiger partial charge in [-0.15, -0.1) is 5.10 Å². The number of hydrazone groups is 1. The van der Waals surface area contributed by atoms with Crippen molar-refractivity contribution in [3.63, 3.8) is 0 Å². The van der Waals surface area contributed by atoms with Gasteiger partial charge in [-0.3, -0.25) is 0 Å². The molecule has 1 aliphatic heterocycles. The van der Waals surface area contributed by atoms with Crippen molar-refractivity contribution in [1.29, 1.82) is 0 Å². The topological polar surface area (TPSA) is 27.6 Å². The van der Waals surface area contributed by atoms with E-state index in [1.54, 1.807) is 11.2 Å². The van der Waals surface area contributed by atoms with E-state index in [2.05, 4.69) is 43.7 Å². The first kappa shape index (κ1) is 9.40.